The van der Waals surface area contributed by atoms with Crippen LogP contribution >= 0.6 is 11.6 Å². The fourth-order valence-electron chi connectivity index (χ4n) is 2.83. The van der Waals surface area contributed by atoms with Crippen LogP contribution in [0.5, 0.6) is 11.5 Å². The number of rotatable bonds is 6. The van der Waals surface area contributed by atoms with Gasteiger partial charge in [-0.05, 0) is 44.0 Å². The van der Waals surface area contributed by atoms with Crippen LogP contribution in [0.15, 0.2) is 12.1 Å². The molecule has 6 heteroatoms. The third kappa shape index (κ3) is 4.05. The number of likely N-dealkylation sites (tertiary alicyclic amines) is 1. The Morgan fingerprint density at radius 3 is 2.91 bits per heavy atom. The van der Waals surface area contributed by atoms with Gasteiger partial charge in [-0.1, -0.05) is 11.6 Å². The van der Waals surface area contributed by atoms with E-state index in [0.717, 1.165) is 24.9 Å². The van der Waals surface area contributed by atoms with Crippen molar-refractivity contribution in [3.8, 4) is 11.5 Å². The summed E-state index contributed by atoms with van der Waals surface area (Å²) >= 11 is 6.25. The predicted octanol–water partition coefficient (Wildman–Crippen LogP) is 3.04. The Balaban J connectivity index is 2.13. The van der Waals surface area contributed by atoms with Gasteiger partial charge in [0.2, 0.25) is 0 Å². The van der Waals surface area contributed by atoms with Crippen LogP contribution in [-0.2, 0) is 11.3 Å². The van der Waals surface area contributed by atoms with Gasteiger partial charge in [-0.2, -0.15) is 0 Å². The Labute approximate surface area is 135 Å². The van der Waals surface area contributed by atoms with Crippen molar-refractivity contribution in [3.05, 3.63) is 22.7 Å². The van der Waals surface area contributed by atoms with Crippen molar-refractivity contribution in [3.63, 3.8) is 0 Å². The Bertz CT molecular complexity index is 535. The van der Waals surface area contributed by atoms with Gasteiger partial charge in [-0.25, -0.2) is 0 Å². The maximum absolute atomic E-state index is 11.1. The van der Waals surface area contributed by atoms with Crippen LogP contribution in [0, 0.1) is 5.92 Å². The first-order valence-corrected chi connectivity index (χ1v) is 7.87. The molecule has 0 aliphatic carbocycles. The Kier molecular flexibility index (Phi) is 5.91. The molecular formula is C16H22ClNO4. The molecule has 0 bridgehead atoms. The van der Waals surface area contributed by atoms with Crippen LogP contribution < -0.4 is 9.47 Å². The number of carboxylic acid groups (broad SMARTS) is 1. The number of carboxylic acids is 1. The van der Waals surface area contributed by atoms with Gasteiger partial charge in [-0.3, -0.25) is 9.69 Å². The van der Waals surface area contributed by atoms with Gasteiger partial charge in [0.25, 0.3) is 0 Å². The minimum Gasteiger partial charge on any atom is -0.491 e. The van der Waals surface area contributed by atoms with E-state index in [1.807, 2.05) is 19.1 Å². The number of carbonyl (C=O) groups is 1. The molecular weight excluding hydrogens is 306 g/mol. The average Bonchev–Trinajstić information content (AvgIpc) is 2.47. The molecule has 1 fully saturated rings. The van der Waals surface area contributed by atoms with Gasteiger partial charge >= 0.3 is 5.97 Å². The molecule has 0 spiro atoms. The number of hydrogen-bond donors (Lipinski definition) is 1. The van der Waals surface area contributed by atoms with E-state index in [1.54, 1.807) is 7.11 Å². The first-order chi connectivity index (χ1) is 10.5. The standard InChI is InChI=1S/C16H22ClNO4/c1-3-22-14-8-11(7-13(17)15(14)21-2)9-18-6-4-5-12(10-18)16(19)20/h7-8,12H,3-6,9-10H2,1-2H3,(H,19,20). The fourth-order valence-corrected chi connectivity index (χ4v) is 3.14. The van der Waals surface area contributed by atoms with E-state index < -0.39 is 5.97 Å². The first kappa shape index (κ1) is 16.9. The molecule has 1 N–H and O–H groups in total. The Morgan fingerprint density at radius 2 is 2.27 bits per heavy atom. The number of methoxy groups -OCH3 is 1. The Hall–Kier alpha value is -1.46. The lowest BCUT2D eigenvalue weighted by atomic mass is 9.98. The second kappa shape index (κ2) is 7.70. The lowest BCUT2D eigenvalue weighted by Crippen LogP contribution is -2.38. The van der Waals surface area contributed by atoms with Crippen molar-refractivity contribution in [2.45, 2.75) is 26.3 Å². The Morgan fingerprint density at radius 1 is 1.50 bits per heavy atom. The van der Waals surface area contributed by atoms with Crippen molar-refractivity contribution in [1.82, 2.24) is 4.90 Å². The summed E-state index contributed by atoms with van der Waals surface area (Å²) in [4.78, 5) is 13.3. The second-order valence-electron chi connectivity index (χ2n) is 5.45. The normalized spacial score (nSPS) is 19.0. The lowest BCUT2D eigenvalue weighted by molar-refractivity contribution is -0.143. The predicted molar refractivity (Wildman–Crippen MR) is 84.8 cm³/mol. The van der Waals surface area contributed by atoms with Gasteiger partial charge in [0.1, 0.15) is 0 Å². The highest BCUT2D eigenvalue weighted by Crippen LogP contribution is 2.36. The molecule has 22 heavy (non-hydrogen) atoms. The monoisotopic (exact) mass is 327 g/mol. The summed E-state index contributed by atoms with van der Waals surface area (Å²) in [5.41, 5.74) is 1.00. The molecule has 2 rings (SSSR count). The minimum absolute atomic E-state index is 0.283. The molecule has 0 amide bonds. The van der Waals surface area contributed by atoms with Crippen molar-refractivity contribution in [2.24, 2.45) is 5.92 Å². The third-order valence-corrected chi connectivity index (χ3v) is 4.11. The maximum atomic E-state index is 11.1. The average molecular weight is 328 g/mol. The zero-order valence-corrected chi connectivity index (χ0v) is 13.7. The van der Waals surface area contributed by atoms with Crippen LogP contribution in [-0.4, -0.2) is 42.8 Å². The zero-order chi connectivity index (χ0) is 16.1. The quantitative estimate of drug-likeness (QED) is 0.870. The van der Waals surface area contributed by atoms with E-state index in [2.05, 4.69) is 4.90 Å². The van der Waals surface area contributed by atoms with Crippen molar-refractivity contribution in [1.29, 1.82) is 0 Å². The molecule has 1 atom stereocenters. The number of nitrogens with zero attached hydrogens (tertiary/aromatic N) is 1. The van der Waals surface area contributed by atoms with E-state index >= 15 is 0 Å². The maximum Gasteiger partial charge on any atom is 0.307 e. The first-order valence-electron chi connectivity index (χ1n) is 7.49. The highest BCUT2D eigenvalue weighted by atomic mass is 35.5. The molecule has 0 aromatic heterocycles. The summed E-state index contributed by atoms with van der Waals surface area (Å²) in [6.45, 7) is 4.57. The van der Waals surface area contributed by atoms with Crippen LogP contribution in [0.3, 0.4) is 0 Å². The van der Waals surface area contributed by atoms with E-state index in [1.165, 1.54) is 0 Å². The van der Waals surface area contributed by atoms with Gasteiger partial charge < -0.3 is 14.6 Å². The number of aliphatic carboxylic acids is 1. The molecule has 122 valence electrons. The summed E-state index contributed by atoms with van der Waals surface area (Å²) in [5, 5.41) is 9.67. The van der Waals surface area contributed by atoms with E-state index in [4.69, 9.17) is 26.2 Å². The zero-order valence-electron chi connectivity index (χ0n) is 13.0. The molecule has 1 aromatic rings. The minimum atomic E-state index is -0.715. The van der Waals surface area contributed by atoms with Gasteiger partial charge in [0, 0.05) is 13.1 Å². The summed E-state index contributed by atoms with van der Waals surface area (Å²) in [6.07, 6.45) is 1.65. The molecule has 5 nitrogen and oxygen atoms in total. The molecule has 1 heterocycles. The number of halogens is 1. The van der Waals surface area contributed by atoms with Crippen LogP contribution in [0.4, 0.5) is 0 Å². The highest BCUT2D eigenvalue weighted by molar-refractivity contribution is 6.32. The van der Waals surface area contributed by atoms with E-state index in [9.17, 15) is 4.79 Å². The molecule has 0 radical (unpaired) electrons. The molecule has 1 aliphatic rings. The molecule has 0 saturated carbocycles. The summed E-state index contributed by atoms with van der Waals surface area (Å²) < 4.78 is 10.8. The number of ether oxygens (including phenoxy) is 2. The number of piperidine rings is 1. The topological polar surface area (TPSA) is 59.0 Å². The van der Waals surface area contributed by atoms with Crippen LogP contribution in [0.25, 0.3) is 0 Å². The fraction of sp³-hybridized carbons (Fsp3) is 0.562. The lowest BCUT2D eigenvalue weighted by Gasteiger charge is -2.30. The summed E-state index contributed by atoms with van der Waals surface area (Å²) in [7, 11) is 1.56. The molecule has 1 saturated heterocycles. The smallest absolute Gasteiger partial charge is 0.307 e. The number of benzene rings is 1. The van der Waals surface area contributed by atoms with Gasteiger partial charge in [0.05, 0.1) is 24.7 Å². The van der Waals surface area contributed by atoms with E-state index in [-0.39, 0.29) is 5.92 Å². The third-order valence-electron chi connectivity index (χ3n) is 3.83. The van der Waals surface area contributed by atoms with Gasteiger partial charge in [-0.15, -0.1) is 0 Å². The molecule has 1 aliphatic heterocycles. The van der Waals surface area contributed by atoms with Crippen molar-refractivity contribution >= 4 is 17.6 Å². The van der Waals surface area contributed by atoms with Crippen LogP contribution in [0.2, 0.25) is 5.02 Å². The molecule has 1 aromatic carbocycles. The highest BCUT2D eigenvalue weighted by Gasteiger charge is 2.25. The molecule has 1 unspecified atom stereocenters. The summed E-state index contributed by atoms with van der Waals surface area (Å²) in [5.74, 6) is 0.162. The SMILES string of the molecule is CCOc1cc(CN2CCCC(C(=O)O)C2)cc(Cl)c1OC. The number of hydrogen-bond acceptors (Lipinski definition) is 4. The largest absolute Gasteiger partial charge is 0.491 e. The second-order valence-corrected chi connectivity index (χ2v) is 5.86. The summed E-state index contributed by atoms with van der Waals surface area (Å²) in [6, 6.07) is 3.77. The van der Waals surface area contributed by atoms with Crippen molar-refractivity contribution in [2.75, 3.05) is 26.8 Å². The van der Waals surface area contributed by atoms with Gasteiger partial charge in [0.15, 0.2) is 11.5 Å². The van der Waals surface area contributed by atoms with Crippen LogP contribution in [0.1, 0.15) is 25.3 Å². The van der Waals surface area contributed by atoms with Crippen molar-refractivity contribution < 1.29 is 19.4 Å². The van der Waals surface area contributed by atoms with E-state index in [0.29, 0.717) is 36.2 Å².